The Morgan fingerprint density at radius 1 is 1.10 bits per heavy atom. The molecule has 4 rings (SSSR count). The van der Waals surface area contributed by atoms with Gasteiger partial charge in [-0.15, -0.1) is 0 Å². The van der Waals surface area contributed by atoms with E-state index < -0.39 is 0 Å². The van der Waals surface area contributed by atoms with Crippen LogP contribution in [0.5, 0.6) is 0 Å². The second kappa shape index (κ2) is 9.12. The van der Waals surface area contributed by atoms with E-state index >= 15 is 0 Å². The fourth-order valence-corrected chi connectivity index (χ4v) is 5.25. The van der Waals surface area contributed by atoms with Crippen LogP contribution >= 0.6 is 0 Å². The fourth-order valence-electron chi connectivity index (χ4n) is 5.25. The molecule has 1 amide bonds. The number of amides is 1. The standard InChI is InChI=1S/C24H34N4O/c1-18-22(19(2)28(26-18)16-20-9-4-3-5-10-20)15-25-24(29)17-27-14-8-12-21-11-6-7-13-23(21)27/h3-5,9-10,21,23H,6-8,11-17H2,1-2H3,(H,25,29). The smallest absolute Gasteiger partial charge is 0.234 e. The average Bonchev–Trinajstić information content (AvgIpc) is 3.00. The topological polar surface area (TPSA) is 50.2 Å². The van der Waals surface area contributed by atoms with E-state index in [0.717, 1.165) is 36.0 Å². The molecule has 1 N–H and O–H groups in total. The van der Waals surface area contributed by atoms with E-state index in [1.807, 2.05) is 17.7 Å². The third-order valence-corrected chi connectivity index (χ3v) is 6.87. The summed E-state index contributed by atoms with van der Waals surface area (Å²) < 4.78 is 2.05. The first-order valence-electron chi connectivity index (χ1n) is 11.2. The SMILES string of the molecule is Cc1nn(Cc2ccccc2)c(C)c1CNC(=O)CN1CCCC2CCCCC21. The van der Waals surface area contributed by atoms with Gasteiger partial charge in [0.1, 0.15) is 0 Å². The van der Waals surface area contributed by atoms with Gasteiger partial charge in [0.2, 0.25) is 5.91 Å². The quantitative estimate of drug-likeness (QED) is 0.810. The van der Waals surface area contributed by atoms with Crippen LogP contribution in [0.25, 0.3) is 0 Å². The summed E-state index contributed by atoms with van der Waals surface area (Å²) in [6.07, 6.45) is 7.88. The van der Waals surface area contributed by atoms with E-state index in [9.17, 15) is 4.79 Å². The maximum atomic E-state index is 12.7. The molecule has 2 heterocycles. The molecule has 2 aromatic rings. The third-order valence-electron chi connectivity index (χ3n) is 6.87. The molecule has 0 bridgehead atoms. The van der Waals surface area contributed by atoms with Gasteiger partial charge in [0.25, 0.3) is 0 Å². The molecule has 5 nitrogen and oxygen atoms in total. The zero-order valence-corrected chi connectivity index (χ0v) is 17.9. The molecule has 29 heavy (non-hydrogen) atoms. The predicted molar refractivity (Wildman–Crippen MR) is 116 cm³/mol. The van der Waals surface area contributed by atoms with Gasteiger partial charge in [-0.25, -0.2) is 0 Å². The van der Waals surface area contributed by atoms with E-state index in [2.05, 4.69) is 41.4 Å². The van der Waals surface area contributed by atoms with Crippen LogP contribution in [0.2, 0.25) is 0 Å². The lowest BCUT2D eigenvalue weighted by Gasteiger charge is -2.43. The number of aromatic nitrogens is 2. The van der Waals surface area contributed by atoms with Crippen LogP contribution in [0.1, 0.15) is 61.0 Å². The zero-order chi connectivity index (χ0) is 20.2. The van der Waals surface area contributed by atoms with Crippen LogP contribution in [0.3, 0.4) is 0 Å². The Bertz CT molecular complexity index is 827. The number of carbonyl (C=O) groups excluding carboxylic acids is 1. The molecule has 5 heteroatoms. The lowest BCUT2D eigenvalue weighted by atomic mass is 9.78. The van der Waals surface area contributed by atoms with E-state index in [-0.39, 0.29) is 5.91 Å². The number of hydrogen-bond donors (Lipinski definition) is 1. The Morgan fingerprint density at radius 3 is 2.69 bits per heavy atom. The minimum absolute atomic E-state index is 0.144. The van der Waals surface area contributed by atoms with Crippen molar-refractivity contribution >= 4 is 5.91 Å². The van der Waals surface area contributed by atoms with Crippen molar-refractivity contribution in [1.29, 1.82) is 0 Å². The summed E-state index contributed by atoms with van der Waals surface area (Å²) in [5.41, 5.74) is 4.52. The molecule has 0 spiro atoms. The van der Waals surface area contributed by atoms with Gasteiger partial charge in [0, 0.05) is 23.8 Å². The lowest BCUT2D eigenvalue weighted by Crippen LogP contribution is -2.50. The first kappa shape index (κ1) is 20.1. The van der Waals surface area contributed by atoms with Crippen molar-refractivity contribution in [2.45, 2.75) is 71.5 Å². The van der Waals surface area contributed by atoms with Crippen molar-refractivity contribution in [3.63, 3.8) is 0 Å². The average molecular weight is 395 g/mol. The molecule has 156 valence electrons. The molecule has 1 aromatic heterocycles. The van der Waals surface area contributed by atoms with Crippen molar-refractivity contribution in [1.82, 2.24) is 20.0 Å². The number of hydrogen-bond acceptors (Lipinski definition) is 3. The Hall–Kier alpha value is -2.14. The van der Waals surface area contributed by atoms with E-state index in [4.69, 9.17) is 5.10 Å². The van der Waals surface area contributed by atoms with Gasteiger partial charge in [-0.05, 0) is 57.6 Å². The van der Waals surface area contributed by atoms with Crippen LogP contribution in [0.4, 0.5) is 0 Å². The molecular weight excluding hydrogens is 360 g/mol. The van der Waals surface area contributed by atoms with Gasteiger partial charge < -0.3 is 5.32 Å². The Kier molecular flexibility index (Phi) is 6.34. The number of benzene rings is 1. The molecule has 2 atom stereocenters. The predicted octanol–water partition coefficient (Wildman–Crippen LogP) is 3.82. The minimum atomic E-state index is 0.144. The van der Waals surface area contributed by atoms with Crippen LogP contribution in [0, 0.1) is 19.8 Å². The van der Waals surface area contributed by atoms with Gasteiger partial charge in [0.15, 0.2) is 0 Å². The maximum Gasteiger partial charge on any atom is 0.234 e. The first-order valence-corrected chi connectivity index (χ1v) is 11.2. The fraction of sp³-hybridized carbons (Fsp3) is 0.583. The van der Waals surface area contributed by atoms with Gasteiger partial charge in [-0.3, -0.25) is 14.4 Å². The molecule has 1 saturated carbocycles. The van der Waals surface area contributed by atoms with Gasteiger partial charge in [-0.2, -0.15) is 5.10 Å². The maximum absolute atomic E-state index is 12.7. The molecule has 1 aliphatic heterocycles. The molecule has 1 aromatic carbocycles. The van der Waals surface area contributed by atoms with Crippen molar-refractivity contribution in [2.75, 3.05) is 13.1 Å². The third kappa shape index (κ3) is 4.72. The summed E-state index contributed by atoms with van der Waals surface area (Å²) in [5.74, 6) is 0.955. The van der Waals surface area contributed by atoms with Crippen LogP contribution in [0.15, 0.2) is 30.3 Å². The second-order valence-electron chi connectivity index (χ2n) is 8.79. The summed E-state index contributed by atoms with van der Waals surface area (Å²) in [7, 11) is 0. The van der Waals surface area contributed by atoms with Crippen molar-refractivity contribution in [3.8, 4) is 0 Å². The number of nitrogens with one attached hydrogen (secondary N) is 1. The molecule has 0 radical (unpaired) electrons. The van der Waals surface area contributed by atoms with E-state index in [1.54, 1.807) is 0 Å². The van der Waals surface area contributed by atoms with Gasteiger partial charge in [0.05, 0.1) is 18.8 Å². The minimum Gasteiger partial charge on any atom is -0.351 e. The zero-order valence-electron chi connectivity index (χ0n) is 17.9. The number of aryl methyl sites for hydroxylation is 1. The summed E-state index contributed by atoms with van der Waals surface area (Å²) in [4.78, 5) is 15.1. The number of piperidine rings is 1. The number of likely N-dealkylation sites (tertiary alicyclic amines) is 1. The molecular formula is C24H34N4O. The normalized spacial score (nSPS) is 22.3. The summed E-state index contributed by atoms with van der Waals surface area (Å²) in [6, 6.07) is 11.0. The van der Waals surface area contributed by atoms with Crippen molar-refractivity contribution in [2.24, 2.45) is 5.92 Å². The van der Waals surface area contributed by atoms with Gasteiger partial charge >= 0.3 is 0 Å². The van der Waals surface area contributed by atoms with E-state index in [0.29, 0.717) is 19.1 Å². The molecule has 2 fully saturated rings. The summed E-state index contributed by atoms with van der Waals surface area (Å²) in [5, 5.41) is 7.87. The first-order chi connectivity index (χ1) is 14.1. The number of nitrogens with zero attached hydrogens (tertiary/aromatic N) is 3. The monoisotopic (exact) mass is 394 g/mol. The lowest BCUT2D eigenvalue weighted by molar-refractivity contribution is -0.124. The molecule has 2 aliphatic rings. The Balaban J connectivity index is 1.34. The Labute approximate surface area is 174 Å². The highest BCUT2D eigenvalue weighted by Gasteiger charge is 2.33. The van der Waals surface area contributed by atoms with Crippen LogP contribution in [-0.4, -0.2) is 39.7 Å². The highest BCUT2D eigenvalue weighted by atomic mass is 16.2. The molecule has 1 aliphatic carbocycles. The van der Waals surface area contributed by atoms with E-state index in [1.165, 1.54) is 44.1 Å². The summed E-state index contributed by atoms with van der Waals surface area (Å²) in [6.45, 7) is 7.07. The van der Waals surface area contributed by atoms with Crippen LogP contribution in [-0.2, 0) is 17.9 Å². The Morgan fingerprint density at radius 2 is 1.86 bits per heavy atom. The van der Waals surface area contributed by atoms with Gasteiger partial charge in [-0.1, -0.05) is 43.2 Å². The van der Waals surface area contributed by atoms with Crippen molar-refractivity contribution < 1.29 is 4.79 Å². The molecule has 2 unspecified atom stereocenters. The molecule has 1 saturated heterocycles. The highest BCUT2D eigenvalue weighted by molar-refractivity contribution is 5.78. The number of rotatable bonds is 6. The highest BCUT2D eigenvalue weighted by Crippen LogP contribution is 2.34. The van der Waals surface area contributed by atoms with Crippen molar-refractivity contribution in [3.05, 3.63) is 52.8 Å². The van der Waals surface area contributed by atoms with Crippen LogP contribution < -0.4 is 5.32 Å². The number of carbonyl (C=O) groups is 1. The largest absolute Gasteiger partial charge is 0.351 e. The number of fused-ring (bicyclic) bond motifs is 1. The second-order valence-corrected chi connectivity index (χ2v) is 8.79. The summed E-state index contributed by atoms with van der Waals surface area (Å²) >= 11 is 0.